The van der Waals surface area contributed by atoms with E-state index >= 15 is 0 Å². The molecule has 0 spiro atoms. The van der Waals surface area contributed by atoms with E-state index in [2.05, 4.69) is 19.9 Å². The number of aromatic amines is 1. The average molecular weight is 289 g/mol. The molecule has 3 aromatic rings. The van der Waals surface area contributed by atoms with Gasteiger partial charge in [-0.05, 0) is 11.6 Å². The number of aromatic nitrogens is 4. The molecule has 2 aromatic heterocycles. The highest BCUT2D eigenvalue weighted by atomic mass is 35.5. The fourth-order valence-corrected chi connectivity index (χ4v) is 2.26. The zero-order valence-corrected chi connectivity index (χ0v) is 11.6. The van der Waals surface area contributed by atoms with Crippen molar-refractivity contribution in [1.29, 1.82) is 0 Å². The summed E-state index contributed by atoms with van der Waals surface area (Å²) in [6.45, 7) is 0.615. The van der Waals surface area contributed by atoms with Gasteiger partial charge >= 0.3 is 0 Å². The predicted molar refractivity (Wildman–Crippen MR) is 79.7 cm³/mol. The van der Waals surface area contributed by atoms with Gasteiger partial charge in [0.25, 0.3) is 0 Å². The molecule has 2 heterocycles. The van der Waals surface area contributed by atoms with E-state index in [-0.39, 0.29) is 5.95 Å². The Bertz CT molecular complexity index is 753. The largest absolute Gasteiger partial charge is 0.368 e. The summed E-state index contributed by atoms with van der Waals surface area (Å²) in [4.78, 5) is 17.4. The van der Waals surface area contributed by atoms with Crippen LogP contribution in [0.1, 0.15) is 5.56 Å². The Kier molecular flexibility index (Phi) is 3.15. The first kappa shape index (κ1) is 12.7. The highest BCUT2D eigenvalue weighted by Crippen LogP contribution is 2.24. The summed E-state index contributed by atoms with van der Waals surface area (Å²) in [5, 5.41) is 0.724. The zero-order valence-electron chi connectivity index (χ0n) is 10.8. The Labute approximate surface area is 120 Å². The van der Waals surface area contributed by atoms with Crippen molar-refractivity contribution in [3.8, 4) is 0 Å². The van der Waals surface area contributed by atoms with Gasteiger partial charge in [-0.2, -0.15) is 9.97 Å². The molecule has 0 fully saturated rings. The van der Waals surface area contributed by atoms with Gasteiger partial charge in [-0.15, -0.1) is 0 Å². The van der Waals surface area contributed by atoms with Gasteiger partial charge < -0.3 is 15.6 Å². The third-order valence-electron chi connectivity index (χ3n) is 3.01. The third kappa shape index (κ3) is 2.25. The highest BCUT2D eigenvalue weighted by molar-refractivity contribution is 6.31. The Balaban J connectivity index is 1.98. The van der Waals surface area contributed by atoms with E-state index in [1.807, 2.05) is 36.2 Å². The van der Waals surface area contributed by atoms with E-state index in [9.17, 15) is 0 Å². The number of nitrogens with one attached hydrogen (secondary N) is 1. The van der Waals surface area contributed by atoms with Gasteiger partial charge in [0, 0.05) is 18.6 Å². The molecule has 0 saturated heterocycles. The van der Waals surface area contributed by atoms with Gasteiger partial charge in [-0.25, -0.2) is 4.98 Å². The second kappa shape index (κ2) is 4.97. The minimum Gasteiger partial charge on any atom is -0.368 e. The lowest BCUT2D eigenvalue weighted by molar-refractivity contribution is 0.900. The Morgan fingerprint density at radius 1 is 1.30 bits per heavy atom. The van der Waals surface area contributed by atoms with E-state index in [1.54, 1.807) is 6.33 Å². The van der Waals surface area contributed by atoms with Gasteiger partial charge in [0.05, 0.1) is 6.33 Å². The summed E-state index contributed by atoms with van der Waals surface area (Å²) in [5.41, 5.74) is 8.04. The lowest BCUT2D eigenvalue weighted by atomic mass is 10.2. The molecule has 0 atom stereocenters. The molecule has 20 heavy (non-hydrogen) atoms. The number of hydrogen-bond acceptors (Lipinski definition) is 5. The molecule has 1 aromatic carbocycles. The van der Waals surface area contributed by atoms with Crippen molar-refractivity contribution in [3.63, 3.8) is 0 Å². The van der Waals surface area contributed by atoms with Crippen molar-refractivity contribution >= 4 is 34.5 Å². The van der Waals surface area contributed by atoms with Crippen LogP contribution in [-0.2, 0) is 6.54 Å². The van der Waals surface area contributed by atoms with Gasteiger partial charge in [0.1, 0.15) is 5.52 Å². The Morgan fingerprint density at radius 2 is 2.10 bits per heavy atom. The SMILES string of the molecule is CN(Cc1ccccc1Cl)c1nc(N)nc2nc[nH]c12. The molecule has 0 amide bonds. The van der Waals surface area contributed by atoms with Gasteiger partial charge in [-0.3, -0.25) is 0 Å². The Hall–Kier alpha value is -2.34. The molecular formula is C13H13ClN6. The number of benzene rings is 1. The van der Waals surface area contributed by atoms with Crippen molar-refractivity contribution in [2.24, 2.45) is 0 Å². The quantitative estimate of drug-likeness (QED) is 0.772. The fraction of sp³-hybridized carbons (Fsp3) is 0.154. The van der Waals surface area contributed by atoms with Crippen LogP contribution in [0.15, 0.2) is 30.6 Å². The number of fused-ring (bicyclic) bond motifs is 1. The number of hydrogen-bond donors (Lipinski definition) is 2. The van der Waals surface area contributed by atoms with Crippen LogP contribution in [0.3, 0.4) is 0 Å². The molecule has 0 aliphatic rings. The van der Waals surface area contributed by atoms with Crippen molar-refractivity contribution < 1.29 is 0 Å². The van der Waals surface area contributed by atoms with E-state index in [1.165, 1.54) is 0 Å². The van der Waals surface area contributed by atoms with Crippen LogP contribution in [0, 0.1) is 0 Å². The number of imidazole rings is 1. The number of rotatable bonds is 3. The first-order valence-electron chi connectivity index (χ1n) is 6.06. The van der Waals surface area contributed by atoms with Crippen molar-refractivity contribution in [3.05, 3.63) is 41.2 Å². The summed E-state index contributed by atoms with van der Waals surface area (Å²) in [6.07, 6.45) is 1.58. The first-order valence-corrected chi connectivity index (χ1v) is 6.44. The molecule has 0 aliphatic carbocycles. The monoisotopic (exact) mass is 288 g/mol. The van der Waals surface area contributed by atoms with Crippen LogP contribution in [0.2, 0.25) is 5.02 Å². The maximum absolute atomic E-state index is 6.18. The second-order valence-corrected chi connectivity index (χ2v) is 4.86. The molecule has 6 nitrogen and oxygen atoms in total. The standard InChI is InChI=1S/C13H13ClN6/c1-20(6-8-4-2-3-5-9(8)14)12-10-11(17-7-16-10)18-13(15)19-12/h2-5,7H,6H2,1H3,(H3,15,16,17,18,19). The summed E-state index contributed by atoms with van der Waals surface area (Å²) in [5.74, 6) is 0.899. The first-order chi connectivity index (χ1) is 9.65. The van der Waals surface area contributed by atoms with E-state index < -0.39 is 0 Å². The van der Waals surface area contributed by atoms with Crippen molar-refractivity contribution in [2.45, 2.75) is 6.54 Å². The van der Waals surface area contributed by atoms with Crippen molar-refractivity contribution in [1.82, 2.24) is 19.9 Å². The van der Waals surface area contributed by atoms with Gasteiger partial charge in [-0.1, -0.05) is 29.8 Å². The number of halogens is 1. The van der Waals surface area contributed by atoms with Crippen LogP contribution >= 0.6 is 11.6 Å². The molecule has 3 N–H and O–H groups in total. The average Bonchev–Trinajstić information content (AvgIpc) is 2.88. The fourth-order valence-electron chi connectivity index (χ4n) is 2.07. The third-order valence-corrected chi connectivity index (χ3v) is 3.38. The molecular weight excluding hydrogens is 276 g/mol. The summed E-state index contributed by atoms with van der Waals surface area (Å²) in [6, 6.07) is 7.70. The maximum Gasteiger partial charge on any atom is 0.224 e. The number of nitrogen functional groups attached to an aromatic ring is 1. The highest BCUT2D eigenvalue weighted by Gasteiger charge is 2.13. The zero-order chi connectivity index (χ0) is 14.1. The molecule has 0 unspecified atom stereocenters. The van der Waals surface area contributed by atoms with Gasteiger partial charge in [0.2, 0.25) is 5.95 Å². The van der Waals surface area contributed by atoms with E-state index in [0.29, 0.717) is 18.0 Å². The normalized spacial score (nSPS) is 10.9. The van der Waals surface area contributed by atoms with Crippen LogP contribution < -0.4 is 10.6 Å². The maximum atomic E-state index is 6.18. The predicted octanol–water partition coefficient (Wildman–Crippen LogP) is 2.22. The number of anilines is 2. The number of nitrogens with two attached hydrogens (primary N) is 1. The molecule has 102 valence electrons. The minimum absolute atomic E-state index is 0.200. The topological polar surface area (TPSA) is 83.7 Å². The lowest BCUT2D eigenvalue weighted by Gasteiger charge is -2.19. The van der Waals surface area contributed by atoms with Crippen molar-refractivity contribution in [2.75, 3.05) is 17.7 Å². The van der Waals surface area contributed by atoms with Crippen LogP contribution in [0.4, 0.5) is 11.8 Å². The van der Waals surface area contributed by atoms with Crippen LogP contribution in [-0.4, -0.2) is 27.0 Å². The smallest absolute Gasteiger partial charge is 0.224 e. The molecule has 3 rings (SSSR count). The summed E-state index contributed by atoms with van der Waals surface area (Å²) < 4.78 is 0. The molecule has 0 aliphatic heterocycles. The molecule has 0 bridgehead atoms. The van der Waals surface area contributed by atoms with Gasteiger partial charge in [0.15, 0.2) is 11.5 Å². The van der Waals surface area contributed by atoms with Crippen LogP contribution in [0.25, 0.3) is 11.2 Å². The minimum atomic E-state index is 0.200. The lowest BCUT2D eigenvalue weighted by Crippen LogP contribution is -2.19. The number of H-pyrrole nitrogens is 1. The van der Waals surface area contributed by atoms with E-state index in [4.69, 9.17) is 17.3 Å². The summed E-state index contributed by atoms with van der Waals surface area (Å²) >= 11 is 6.18. The molecule has 7 heteroatoms. The van der Waals surface area contributed by atoms with E-state index in [0.717, 1.165) is 16.1 Å². The van der Waals surface area contributed by atoms with Crippen LogP contribution in [0.5, 0.6) is 0 Å². The Morgan fingerprint density at radius 3 is 2.90 bits per heavy atom. The molecule has 0 radical (unpaired) electrons. The number of nitrogens with zero attached hydrogens (tertiary/aromatic N) is 4. The second-order valence-electron chi connectivity index (χ2n) is 4.45. The molecule has 0 saturated carbocycles. The summed E-state index contributed by atoms with van der Waals surface area (Å²) in [7, 11) is 1.92.